The maximum atomic E-state index is 13.2. The SMILES string of the molecule is Cc1ccc(F)cc1NC(=O)CNc1cccc([N+](=O)[O-])c1C. The molecule has 2 N–H and O–H groups in total. The molecule has 6 nitrogen and oxygen atoms in total. The zero-order valence-electron chi connectivity index (χ0n) is 12.7. The molecular weight excluding hydrogens is 301 g/mol. The summed E-state index contributed by atoms with van der Waals surface area (Å²) in [7, 11) is 0. The van der Waals surface area contributed by atoms with Gasteiger partial charge in [0, 0.05) is 23.0 Å². The van der Waals surface area contributed by atoms with Gasteiger partial charge in [0.2, 0.25) is 5.91 Å². The summed E-state index contributed by atoms with van der Waals surface area (Å²) in [5.41, 5.74) is 2.08. The van der Waals surface area contributed by atoms with Crippen molar-refractivity contribution in [2.75, 3.05) is 17.2 Å². The molecule has 0 fully saturated rings. The van der Waals surface area contributed by atoms with Crippen LogP contribution in [0.25, 0.3) is 0 Å². The minimum atomic E-state index is -0.476. The lowest BCUT2D eigenvalue weighted by molar-refractivity contribution is -0.385. The van der Waals surface area contributed by atoms with Crippen LogP contribution in [0.15, 0.2) is 36.4 Å². The predicted octanol–water partition coefficient (Wildman–Crippen LogP) is 3.40. The van der Waals surface area contributed by atoms with Crippen molar-refractivity contribution in [3.63, 3.8) is 0 Å². The van der Waals surface area contributed by atoms with Crippen LogP contribution in [-0.4, -0.2) is 17.4 Å². The van der Waals surface area contributed by atoms with E-state index in [1.165, 1.54) is 18.2 Å². The summed E-state index contributed by atoms with van der Waals surface area (Å²) < 4.78 is 13.2. The lowest BCUT2D eigenvalue weighted by atomic mass is 10.1. The van der Waals surface area contributed by atoms with Crippen LogP contribution in [0.5, 0.6) is 0 Å². The van der Waals surface area contributed by atoms with Crippen molar-refractivity contribution in [1.29, 1.82) is 0 Å². The van der Waals surface area contributed by atoms with Crippen molar-refractivity contribution in [3.8, 4) is 0 Å². The van der Waals surface area contributed by atoms with Gasteiger partial charge in [0.25, 0.3) is 5.69 Å². The Morgan fingerprint density at radius 2 is 1.96 bits per heavy atom. The van der Waals surface area contributed by atoms with Crippen LogP contribution in [0, 0.1) is 29.8 Å². The number of nitro groups is 1. The van der Waals surface area contributed by atoms with Crippen LogP contribution < -0.4 is 10.6 Å². The maximum Gasteiger partial charge on any atom is 0.274 e. The van der Waals surface area contributed by atoms with E-state index in [4.69, 9.17) is 0 Å². The quantitative estimate of drug-likeness (QED) is 0.654. The number of halogens is 1. The van der Waals surface area contributed by atoms with E-state index in [1.54, 1.807) is 32.0 Å². The minimum absolute atomic E-state index is 0.0172. The van der Waals surface area contributed by atoms with Gasteiger partial charge in [0.05, 0.1) is 11.5 Å². The van der Waals surface area contributed by atoms with E-state index < -0.39 is 10.7 Å². The Bertz CT molecular complexity index is 762. The summed E-state index contributed by atoms with van der Waals surface area (Å²) in [5.74, 6) is -0.807. The van der Waals surface area contributed by atoms with Crippen LogP contribution in [-0.2, 0) is 4.79 Å². The van der Waals surface area contributed by atoms with Gasteiger partial charge in [-0.1, -0.05) is 12.1 Å². The van der Waals surface area contributed by atoms with Crippen molar-refractivity contribution in [1.82, 2.24) is 0 Å². The third-order valence-corrected chi connectivity index (χ3v) is 3.42. The summed E-state index contributed by atoms with van der Waals surface area (Å²) in [6.45, 7) is 3.28. The number of amides is 1. The largest absolute Gasteiger partial charge is 0.376 e. The number of aryl methyl sites for hydroxylation is 1. The molecule has 2 aromatic carbocycles. The summed E-state index contributed by atoms with van der Waals surface area (Å²) in [6.07, 6.45) is 0. The molecule has 0 saturated heterocycles. The van der Waals surface area contributed by atoms with Crippen LogP contribution in [0.1, 0.15) is 11.1 Å². The fraction of sp³-hybridized carbons (Fsp3) is 0.188. The Hall–Kier alpha value is -2.96. The first-order valence-electron chi connectivity index (χ1n) is 6.92. The van der Waals surface area contributed by atoms with E-state index in [1.807, 2.05) is 0 Å². The molecule has 0 saturated carbocycles. The summed E-state index contributed by atoms with van der Waals surface area (Å²) >= 11 is 0. The highest BCUT2D eigenvalue weighted by atomic mass is 19.1. The highest BCUT2D eigenvalue weighted by Crippen LogP contribution is 2.24. The Morgan fingerprint density at radius 3 is 2.65 bits per heavy atom. The molecule has 0 aromatic heterocycles. The van der Waals surface area contributed by atoms with E-state index >= 15 is 0 Å². The van der Waals surface area contributed by atoms with Crippen molar-refractivity contribution < 1.29 is 14.1 Å². The van der Waals surface area contributed by atoms with Gasteiger partial charge >= 0.3 is 0 Å². The molecule has 0 aliphatic heterocycles. The molecule has 2 rings (SSSR count). The van der Waals surface area contributed by atoms with E-state index in [0.717, 1.165) is 5.56 Å². The van der Waals surface area contributed by atoms with Gasteiger partial charge in [0.1, 0.15) is 5.82 Å². The number of carbonyl (C=O) groups excluding carboxylic acids is 1. The first-order chi connectivity index (χ1) is 10.9. The fourth-order valence-corrected chi connectivity index (χ4v) is 2.11. The second kappa shape index (κ2) is 6.87. The van der Waals surface area contributed by atoms with E-state index in [2.05, 4.69) is 10.6 Å². The molecule has 2 aromatic rings. The number of anilines is 2. The Kier molecular flexibility index (Phi) is 4.90. The lowest BCUT2D eigenvalue weighted by Gasteiger charge is -2.11. The molecule has 1 amide bonds. The van der Waals surface area contributed by atoms with Crippen molar-refractivity contribution in [3.05, 3.63) is 63.5 Å². The molecule has 7 heteroatoms. The number of nitro benzene ring substituents is 1. The van der Waals surface area contributed by atoms with Crippen LogP contribution >= 0.6 is 0 Å². The Balaban J connectivity index is 2.04. The van der Waals surface area contributed by atoms with Crippen molar-refractivity contribution in [2.45, 2.75) is 13.8 Å². The molecule has 0 heterocycles. The highest BCUT2D eigenvalue weighted by molar-refractivity contribution is 5.94. The normalized spacial score (nSPS) is 10.2. The third-order valence-electron chi connectivity index (χ3n) is 3.42. The van der Waals surface area contributed by atoms with Crippen LogP contribution in [0.4, 0.5) is 21.5 Å². The standard InChI is InChI=1S/C16H16FN3O3/c1-10-6-7-12(17)8-14(10)19-16(21)9-18-13-4-3-5-15(11(13)2)20(22)23/h3-8,18H,9H2,1-2H3,(H,19,21). The maximum absolute atomic E-state index is 13.2. The highest BCUT2D eigenvalue weighted by Gasteiger charge is 2.14. The molecule has 0 aliphatic carbocycles. The molecule has 0 aliphatic rings. The number of hydrogen-bond acceptors (Lipinski definition) is 4. The van der Waals surface area contributed by atoms with E-state index in [-0.39, 0.29) is 18.1 Å². The predicted molar refractivity (Wildman–Crippen MR) is 86.1 cm³/mol. The summed E-state index contributed by atoms with van der Waals surface area (Å²) in [6, 6.07) is 8.73. The second-order valence-corrected chi connectivity index (χ2v) is 5.07. The van der Waals surface area contributed by atoms with Gasteiger partial charge in [-0.3, -0.25) is 14.9 Å². The fourth-order valence-electron chi connectivity index (χ4n) is 2.11. The number of nitrogens with one attached hydrogen (secondary N) is 2. The summed E-state index contributed by atoms with van der Waals surface area (Å²) in [5, 5.41) is 16.3. The van der Waals surface area contributed by atoms with Gasteiger partial charge in [-0.2, -0.15) is 0 Å². The molecule has 120 valence electrons. The Morgan fingerprint density at radius 1 is 1.22 bits per heavy atom. The Labute approximate surface area is 132 Å². The lowest BCUT2D eigenvalue weighted by Crippen LogP contribution is -2.22. The van der Waals surface area contributed by atoms with Gasteiger partial charge in [0.15, 0.2) is 0 Å². The average Bonchev–Trinajstić information content (AvgIpc) is 2.49. The van der Waals surface area contributed by atoms with Gasteiger partial charge < -0.3 is 10.6 Å². The topological polar surface area (TPSA) is 84.3 Å². The molecule has 0 spiro atoms. The number of carbonyl (C=O) groups is 1. The van der Waals surface area contributed by atoms with Crippen LogP contribution in [0.3, 0.4) is 0 Å². The number of hydrogen-bond donors (Lipinski definition) is 2. The number of rotatable bonds is 5. The average molecular weight is 317 g/mol. The smallest absolute Gasteiger partial charge is 0.274 e. The van der Waals surface area contributed by atoms with E-state index in [0.29, 0.717) is 16.9 Å². The zero-order valence-corrected chi connectivity index (χ0v) is 12.7. The second-order valence-electron chi connectivity index (χ2n) is 5.07. The van der Waals surface area contributed by atoms with Crippen molar-refractivity contribution in [2.24, 2.45) is 0 Å². The van der Waals surface area contributed by atoms with Gasteiger partial charge in [-0.25, -0.2) is 4.39 Å². The first kappa shape index (κ1) is 16.4. The van der Waals surface area contributed by atoms with E-state index in [9.17, 15) is 19.3 Å². The first-order valence-corrected chi connectivity index (χ1v) is 6.92. The summed E-state index contributed by atoms with van der Waals surface area (Å²) in [4.78, 5) is 22.4. The molecule has 0 radical (unpaired) electrons. The van der Waals surface area contributed by atoms with Gasteiger partial charge in [-0.15, -0.1) is 0 Å². The minimum Gasteiger partial charge on any atom is -0.376 e. The number of nitrogens with zero attached hydrogens (tertiary/aromatic N) is 1. The monoisotopic (exact) mass is 317 g/mol. The van der Waals surface area contributed by atoms with Gasteiger partial charge in [-0.05, 0) is 37.6 Å². The number of benzene rings is 2. The molecular formula is C16H16FN3O3. The third kappa shape index (κ3) is 4.03. The molecule has 23 heavy (non-hydrogen) atoms. The zero-order chi connectivity index (χ0) is 17.0. The molecule has 0 atom stereocenters. The van der Waals surface area contributed by atoms with Crippen LogP contribution in [0.2, 0.25) is 0 Å². The molecule has 0 unspecified atom stereocenters. The molecule has 0 bridgehead atoms. The van der Waals surface area contributed by atoms with Crippen molar-refractivity contribution >= 4 is 23.0 Å².